The van der Waals surface area contributed by atoms with Gasteiger partial charge in [-0.25, -0.2) is 0 Å². The lowest BCUT2D eigenvalue weighted by Crippen LogP contribution is -2.40. The summed E-state index contributed by atoms with van der Waals surface area (Å²) in [5, 5.41) is 11.2. The van der Waals surface area contributed by atoms with E-state index in [2.05, 4.69) is 100 Å². The number of aliphatic imine (C=N–C) groups is 1. The van der Waals surface area contributed by atoms with Crippen LogP contribution >= 0.6 is 0 Å². The molecule has 3 fully saturated rings. The molecule has 0 radical (unpaired) electrons. The van der Waals surface area contributed by atoms with Crippen LogP contribution in [0.1, 0.15) is 115 Å². The van der Waals surface area contributed by atoms with E-state index in [1.54, 1.807) is 0 Å². The first-order valence-corrected chi connectivity index (χ1v) is 17.4. The molecular weight excluding hydrogens is 522 g/mol. The first-order chi connectivity index (χ1) is 20.8. The topological polar surface area (TPSA) is 32.6 Å². The number of rotatable bonds is 6. The van der Waals surface area contributed by atoms with Gasteiger partial charge in [0.2, 0.25) is 0 Å². The van der Waals surface area contributed by atoms with Crippen LogP contribution in [0.25, 0.3) is 0 Å². The summed E-state index contributed by atoms with van der Waals surface area (Å²) in [5.41, 5.74) is 2.86. The van der Waals surface area contributed by atoms with E-state index in [0.29, 0.717) is 41.4 Å². The van der Waals surface area contributed by atoms with Gasteiger partial charge in [-0.05, 0) is 90.6 Å². The van der Waals surface area contributed by atoms with Gasteiger partial charge in [0, 0.05) is 35.4 Å². The fourth-order valence-electron chi connectivity index (χ4n) is 9.45. The van der Waals surface area contributed by atoms with Crippen LogP contribution in [0.4, 0.5) is 0 Å². The Labute approximate surface area is 261 Å². The van der Waals surface area contributed by atoms with Crippen molar-refractivity contribution in [3.63, 3.8) is 0 Å². The van der Waals surface area contributed by atoms with Crippen molar-refractivity contribution in [2.24, 2.45) is 45.9 Å². The quantitative estimate of drug-likeness (QED) is 0.266. The molecular formula is C41H53NO. The average molecular weight is 576 g/mol. The molecule has 228 valence electrons. The van der Waals surface area contributed by atoms with Gasteiger partial charge in [-0.2, -0.15) is 0 Å². The Hall–Kier alpha value is -2.79. The highest BCUT2D eigenvalue weighted by molar-refractivity contribution is 5.85. The monoisotopic (exact) mass is 575 g/mol. The van der Waals surface area contributed by atoms with Crippen LogP contribution in [0.5, 0.6) is 5.75 Å². The number of benzene rings is 1. The first-order valence-electron chi connectivity index (χ1n) is 17.4. The number of phenols is 1. The lowest BCUT2D eigenvalue weighted by atomic mass is 9.58. The van der Waals surface area contributed by atoms with E-state index in [-0.39, 0.29) is 10.8 Å². The molecule has 0 heterocycles. The number of allylic oxidation sites excluding steroid dienone is 8. The summed E-state index contributed by atoms with van der Waals surface area (Å²) in [6, 6.07) is 4.55. The van der Waals surface area contributed by atoms with E-state index < -0.39 is 0 Å². The fourth-order valence-corrected chi connectivity index (χ4v) is 9.45. The van der Waals surface area contributed by atoms with Gasteiger partial charge in [-0.3, -0.25) is 4.99 Å². The second-order valence-corrected chi connectivity index (χ2v) is 15.4. The van der Waals surface area contributed by atoms with E-state index >= 15 is 0 Å². The summed E-state index contributed by atoms with van der Waals surface area (Å²) in [5.74, 6) is 11.5. The highest BCUT2D eigenvalue weighted by Crippen LogP contribution is 2.62. The Morgan fingerprint density at radius 1 is 0.791 bits per heavy atom. The van der Waals surface area contributed by atoms with Crippen LogP contribution in [0.3, 0.4) is 0 Å². The number of fused-ring (bicyclic) bond motifs is 3. The van der Waals surface area contributed by atoms with Gasteiger partial charge in [-0.15, -0.1) is 0 Å². The predicted octanol–water partition coefficient (Wildman–Crippen LogP) is 10.1. The van der Waals surface area contributed by atoms with Gasteiger partial charge in [0.05, 0.1) is 0 Å². The highest BCUT2D eigenvalue weighted by atomic mass is 16.3. The summed E-state index contributed by atoms with van der Waals surface area (Å²) in [6.45, 7) is 9.13. The van der Waals surface area contributed by atoms with E-state index in [9.17, 15) is 5.11 Å². The average Bonchev–Trinajstić information content (AvgIpc) is 3.67. The Morgan fingerprint density at radius 2 is 1.37 bits per heavy atom. The molecule has 6 atom stereocenters. The molecule has 3 unspecified atom stereocenters. The zero-order valence-corrected chi connectivity index (χ0v) is 27.1. The Morgan fingerprint density at radius 3 is 1.98 bits per heavy atom. The van der Waals surface area contributed by atoms with Gasteiger partial charge in [0.25, 0.3) is 0 Å². The van der Waals surface area contributed by atoms with Gasteiger partial charge >= 0.3 is 0 Å². The van der Waals surface area contributed by atoms with E-state index in [1.807, 2.05) is 6.21 Å². The third-order valence-corrected chi connectivity index (χ3v) is 11.7. The maximum atomic E-state index is 11.2. The molecule has 43 heavy (non-hydrogen) atoms. The minimum atomic E-state index is -0.171. The van der Waals surface area contributed by atoms with Crippen LogP contribution < -0.4 is 0 Å². The second-order valence-electron chi connectivity index (χ2n) is 15.4. The number of phenolic OH excluding ortho intramolecular Hbond substituents is 1. The summed E-state index contributed by atoms with van der Waals surface area (Å²) in [7, 11) is 0. The second kappa shape index (κ2) is 12.7. The maximum Gasteiger partial charge on any atom is 0.128 e. The zero-order chi connectivity index (χ0) is 30.0. The minimum absolute atomic E-state index is 0.171. The molecule has 0 spiro atoms. The van der Waals surface area contributed by atoms with Crippen LogP contribution in [0.2, 0.25) is 0 Å². The largest absolute Gasteiger partial charge is 0.507 e. The van der Waals surface area contributed by atoms with Gasteiger partial charge in [0.1, 0.15) is 5.75 Å². The maximum absolute atomic E-state index is 11.2. The van der Waals surface area contributed by atoms with Crippen LogP contribution in [0.15, 0.2) is 65.7 Å². The normalized spacial score (nSPS) is 30.3. The molecule has 1 aromatic rings. The van der Waals surface area contributed by atoms with Crippen molar-refractivity contribution in [3.8, 4) is 17.6 Å². The summed E-state index contributed by atoms with van der Waals surface area (Å²) >= 11 is 0. The Kier molecular flexibility index (Phi) is 8.91. The number of hydrogen-bond acceptors (Lipinski definition) is 2. The zero-order valence-electron chi connectivity index (χ0n) is 27.1. The smallest absolute Gasteiger partial charge is 0.128 e. The number of hydrogen-bond donors (Lipinski definition) is 1. The van der Waals surface area contributed by atoms with Crippen molar-refractivity contribution in [2.75, 3.05) is 0 Å². The van der Waals surface area contributed by atoms with E-state index in [1.165, 1.54) is 44.9 Å². The van der Waals surface area contributed by atoms with Crippen molar-refractivity contribution in [1.82, 2.24) is 0 Å². The molecule has 0 bridgehead atoms. The van der Waals surface area contributed by atoms with E-state index in [0.717, 1.165) is 48.3 Å². The summed E-state index contributed by atoms with van der Waals surface area (Å²) in [4.78, 5) is 4.91. The van der Waals surface area contributed by atoms with Crippen molar-refractivity contribution >= 4 is 6.21 Å². The van der Waals surface area contributed by atoms with Crippen molar-refractivity contribution in [1.29, 1.82) is 0 Å². The SMILES string of the molecule is CC(C)(C)c1cc(C#CCCC(C)(C2CCCC2)C2[C@@H]3C=CC=CC3[C@@H]3C=CC=C[C@@H]23)cc(C=NC2CCCCC2)c1O. The molecule has 5 aliphatic carbocycles. The molecule has 2 nitrogen and oxygen atoms in total. The Balaban J connectivity index is 1.26. The molecule has 0 saturated heterocycles. The van der Waals surface area contributed by atoms with Crippen molar-refractivity contribution in [3.05, 3.63) is 77.4 Å². The molecule has 6 rings (SSSR count). The lowest BCUT2D eigenvalue weighted by Gasteiger charge is -2.46. The minimum Gasteiger partial charge on any atom is -0.507 e. The molecule has 5 aliphatic rings. The van der Waals surface area contributed by atoms with Crippen LogP contribution in [-0.4, -0.2) is 17.4 Å². The first kappa shape index (κ1) is 30.2. The van der Waals surface area contributed by atoms with Crippen molar-refractivity contribution in [2.45, 2.75) is 110 Å². The van der Waals surface area contributed by atoms with Crippen LogP contribution in [0, 0.1) is 52.8 Å². The van der Waals surface area contributed by atoms with E-state index in [4.69, 9.17) is 4.99 Å². The highest BCUT2D eigenvalue weighted by Gasteiger charge is 2.56. The molecule has 1 N–H and O–H groups in total. The van der Waals surface area contributed by atoms with Gasteiger partial charge in [0.15, 0.2) is 0 Å². The van der Waals surface area contributed by atoms with Crippen LogP contribution in [-0.2, 0) is 5.41 Å². The number of aromatic hydroxyl groups is 1. The molecule has 3 saturated carbocycles. The Bertz CT molecular complexity index is 1330. The molecule has 2 heteroatoms. The molecule has 0 aliphatic heterocycles. The standard InChI is InChI=1S/C41H53NO/c1-40(2,3)37-27-29(26-30(39(37)43)28-42-32-19-6-5-7-20-32)16-14-15-25-41(4,31-17-8-9-18-31)38-35-23-12-10-21-33(35)34-22-11-13-24-36(34)38/h10-13,21-24,26-28,31-36,38,43H,5-9,15,17-20,25H2,1-4H3/t33-,34?,35+,36+,38?,41?/m0/s1. The molecule has 0 aromatic heterocycles. The number of nitrogens with zero attached hydrogens (tertiary/aromatic N) is 1. The predicted molar refractivity (Wildman–Crippen MR) is 181 cm³/mol. The third kappa shape index (κ3) is 6.25. The van der Waals surface area contributed by atoms with Gasteiger partial charge in [-0.1, -0.05) is 120 Å². The fraction of sp³-hybridized carbons (Fsp3) is 0.585. The summed E-state index contributed by atoms with van der Waals surface area (Å²) < 4.78 is 0. The molecule has 1 aromatic carbocycles. The molecule has 0 amide bonds. The summed E-state index contributed by atoms with van der Waals surface area (Å²) in [6.07, 6.45) is 34.9. The van der Waals surface area contributed by atoms with Crippen molar-refractivity contribution < 1.29 is 5.11 Å². The third-order valence-electron chi connectivity index (χ3n) is 11.7. The van der Waals surface area contributed by atoms with Gasteiger partial charge < -0.3 is 5.11 Å². The lowest BCUT2D eigenvalue weighted by molar-refractivity contribution is 0.0465.